The fraction of sp³-hybridized carbons (Fsp3) is 0.111. The SMILES string of the molecule is CC(=O)Nc1cccc(C(C)=NNC(=O)c2ccc(C(N)=O)cc2)c1. The van der Waals surface area contributed by atoms with Gasteiger partial charge in [0.25, 0.3) is 5.91 Å². The number of carbonyl (C=O) groups excluding carboxylic acids is 3. The van der Waals surface area contributed by atoms with Crippen molar-refractivity contribution in [3.8, 4) is 0 Å². The smallest absolute Gasteiger partial charge is 0.271 e. The highest BCUT2D eigenvalue weighted by Crippen LogP contribution is 2.11. The molecule has 0 fully saturated rings. The Morgan fingerprint density at radius 1 is 0.920 bits per heavy atom. The third-order valence-corrected chi connectivity index (χ3v) is 3.36. The molecule has 0 unspecified atom stereocenters. The molecule has 0 aromatic heterocycles. The number of anilines is 1. The van der Waals surface area contributed by atoms with Crippen molar-refractivity contribution in [2.75, 3.05) is 5.32 Å². The lowest BCUT2D eigenvalue weighted by molar-refractivity contribution is -0.114. The van der Waals surface area contributed by atoms with Crippen molar-refractivity contribution in [1.82, 2.24) is 5.43 Å². The monoisotopic (exact) mass is 338 g/mol. The summed E-state index contributed by atoms with van der Waals surface area (Å²) in [6.07, 6.45) is 0. The van der Waals surface area contributed by atoms with Crippen molar-refractivity contribution >= 4 is 29.1 Å². The van der Waals surface area contributed by atoms with Crippen molar-refractivity contribution in [1.29, 1.82) is 0 Å². The van der Waals surface area contributed by atoms with Gasteiger partial charge in [-0.1, -0.05) is 12.1 Å². The molecule has 0 saturated carbocycles. The second-order valence-electron chi connectivity index (χ2n) is 5.34. The van der Waals surface area contributed by atoms with Gasteiger partial charge in [-0.15, -0.1) is 0 Å². The van der Waals surface area contributed by atoms with Gasteiger partial charge < -0.3 is 11.1 Å². The normalized spacial score (nSPS) is 10.9. The van der Waals surface area contributed by atoms with Crippen molar-refractivity contribution in [2.24, 2.45) is 10.8 Å². The zero-order valence-corrected chi connectivity index (χ0v) is 13.9. The van der Waals surface area contributed by atoms with Crippen LogP contribution in [0.25, 0.3) is 0 Å². The average molecular weight is 338 g/mol. The third-order valence-electron chi connectivity index (χ3n) is 3.36. The Bertz CT molecular complexity index is 842. The average Bonchev–Trinajstić information content (AvgIpc) is 2.59. The van der Waals surface area contributed by atoms with Crippen LogP contribution in [0.3, 0.4) is 0 Å². The van der Waals surface area contributed by atoms with Crippen LogP contribution in [0.1, 0.15) is 40.1 Å². The number of hydrogen-bond acceptors (Lipinski definition) is 4. The number of hydrogen-bond donors (Lipinski definition) is 3. The summed E-state index contributed by atoms with van der Waals surface area (Å²) >= 11 is 0. The Morgan fingerprint density at radius 2 is 1.56 bits per heavy atom. The molecular formula is C18H18N4O3. The largest absolute Gasteiger partial charge is 0.366 e. The van der Waals surface area contributed by atoms with Gasteiger partial charge in [-0.25, -0.2) is 5.43 Å². The van der Waals surface area contributed by atoms with E-state index in [0.29, 0.717) is 22.5 Å². The number of nitrogens with two attached hydrogens (primary N) is 1. The van der Waals surface area contributed by atoms with Crippen molar-refractivity contribution in [3.63, 3.8) is 0 Å². The van der Waals surface area contributed by atoms with Gasteiger partial charge in [0.1, 0.15) is 0 Å². The summed E-state index contributed by atoms with van der Waals surface area (Å²) in [6, 6.07) is 13.1. The van der Waals surface area contributed by atoms with Gasteiger partial charge in [-0.05, 0) is 48.9 Å². The van der Waals surface area contributed by atoms with E-state index in [1.807, 2.05) is 6.07 Å². The first-order valence-corrected chi connectivity index (χ1v) is 7.49. The molecule has 0 atom stereocenters. The first-order valence-electron chi connectivity index (χ1n) is 7.49. The number of nitrogens with one attached hydrogen (secondary N) is 2. The van der Waals surface area contributed by atoms with Crippen LogP contribution in [0.15, 0.2) is 53.6 Å². The van der Waals surface area contributed by atoms with Crippen LogP contribution in [-0.4, -0.2) is 23.4 Å². The Kier molecular flexibility index (Phi) is 5.62. The molecule has 0 aliphatic carbocycles. The molecule has 2 aromatic rings. The van der Waals surface area contributed by atoms with Crippen molar-refractivity contribution < 1.29 is 14.4 Å². The molecule has 0 aliphatic heterocycles. The number of rotatable bonds is 5. The summed E-state index contributed by atoms with van der Waals surface area (Å²) in [5.74, 6) is -1.13. The Labute approximate surface area is 144 Å². The van der Waals surface area contributed by atoms with Gasteiger partial charge in [0.15, 0.2) is 0 Å². The maximum Gasteiger partial charge on any atom is 0.271 e. The number of carbonyl (C=O) groups is 3. The Hall–Kier alpha value is -3.48. The van der Waals surface area contributed by atoms with Gasteiger partial charge in [0.05, 0.1) is 5.71 Å². The second kappa shape index (κ2) is 7.87. The van der Waals surface area contributed by atoms with Crippen LogP contribution < -0.4 is 16.5 Å². The van der Waals surface area contributed by atoms with E-state index >= 15 is 0 Å². The second-order valence-corrected chi connectivity index (χ2v) is 5.34. The summed E-state index contributed by atoms with van der Waals surface area (Å²) in [4.78, 5) is 34.2. The minimum Gasteiger partial charge on any atom is -0.366 e. The molecule has 2 aromatic carbocycles. The van der Waals surface area contributed by atoms with E-state index in [1.54, 1.807) is 25.1 Å². The van der Waals surface area contributed by atoms with Gasteiger partial charge >= 0.3 is 0 Å². The van der Waals surface area contributed by atoms with E-state index in [9.17, 15) is 14.4 Å². The van der Waals surface area contributed by atoms with Gasteiger partial charge in [-0.3, -0.25) is 14.4 Å². The molecule has 0 saturated heterocycles. The Balaban J connectivity index is 2.08. The predicted octanol–water partition coefficient (Wildman–Crippen LogP) is 1.90. The van der Waals surface area contributed by atoms with Crippen LogP contribution in [0.2, 0.25) is 0 Å². The summed E-state index contributed by atoms with van der Waals surface area (Å²) in [5, 5.41) is 6.75. The quantitative estimate of drug-likeness (QED) is 0.571. The number of benzene rings is 2. The van der Waals surface area contributed by atoms with E-state index < -0.39 is 11.8 Å². The molecule has 7 nitrogen and oxygen atoms in total. The Morgan fingerprint density at radius 3 is 2.16 bits per heavy atom. The number of hydrazone groups is 1. The molecule has 7 heteroatoms. The molecule has 128 valence electrons. The first-order chi connectivity index (χ1) is 11.9. The molecule has 0 heterocycles. The summed E-state index contributed by atoms with van der Waals surface area (Å²) in [6.45, 7) is 3.17. The number of primary amides is 1. The van der Waals surface area contributed by atoms with Crippen molar-refractivity contribution in [2.45, 2.75) is 13.8 Å². The topological polar surface area (TPSA) is 114 Å². The first kappa shape index (κ1) is 17.9. The van der Waals surface area contributed by atoms with E-state index in [-0.39, 0.29) is 5.91 Å². The highest BCUT2D eigenvalue weighted by Gasteiger charge is 2.07. The van der Waals surface area contributed by atoms with E-state index in [4.69, 9.17) is 5.73 Å². The van der Waals surface area contributed by atoms with E-state index in [0.717, 1.165) is 5.56 Å². The molecule has 2 rings (SSSR count). The van der Waals surface area contributed by atoms with Gasteiger partial charge in [-0.2, -0.15) is 5.10 Å². The molecule has 3 amide bonds. The van der Waals surface area contributed by atoms with Gasteiger partial charge in [0, 0.05) is 23.7 Å². The van der Waals surface area contributed by atoms with Crippen LogP contribution in [0.5, 0.6) is 0 Å². The zero-order valence-electron chi connectivity index (χ0n) is 13.9. The minimum atomic E-state index is -0.556. The summed E-state index contributed by atoms with van der Waals surface area (Å²) in [7, 11) is 0. The summed E-state index contributed by atoms with van der Waals surface area (Å²) < 4.78 is 0. The highest BCUT2D eigenvalue weighted by atomic mass is 16.2. The van der Waals surface area contributed by atoms with Gasteiger partial charge in [0.2, 0.25) is 11.8 Å². The van der Waals surface area contributed by atoms with Crippen LogP contribution in [-0.2, 0) is 4.79 Å². The van der Waals surface area contributed by atoms with Crippen molar-refractivity contribution in [3.05, 3.63) is 65.2 Å². The third kappa shape index (κ3) is 5.00. The predicted molar refractivity (Wildman–Crippen MR) is 95.4 cm³/mol. The highest BCUT2D eigenvalue weighted by molar-refractivity contribution is 6.02. The molecule has 0 aliphatic rings. The number of amides is 3. The fourth-order valence-corrected chi connectivity index (χ4v) is 2.07. The molecule has 0 radical (unpaired) electrons. The molecule has 4 N–H and O–H groups in total. The van der Waals surface area contributed by atoms with Crippen LogP contribution >= 0.6 is 0 Å². The maximum atomic E-state index is 12.1. The standard InChI is InChI=1S/C18H18N4O3/c1-11(15-4-3-5-16(10-15)20-12(2)23)21-22-18(25)14-8-6-13(7-9-14)17(19)24/h3-10H,1-2H3,(H2,19,24)(H,20,23)(H,22,25). The maximum absolute atomic E-state index is 12.1. The van der Waals surface area contributed by atoms with E-state index in [2.05, 4.69) is 15.8 Å². The minimum absolute atomic E-state index is 0.167. The zero-order chi connectivity index (χ0) is 18.4. The molecule has 0 bridgehead atoms. The van der Waals surface area contributed by atoms with Crippen LogP contribution in [0, 0.1) is 0 Å². The lowest BCUT2D eigenvalue weighted by Crippen LogP contribution is -2.20. The van der Waals surface area contributed by atoms with Crippen LogP contribution in [0.4, 0.5) is 5.69 Å². The molecule has 0 spiro atoms. The number of nitrogens with zero attached hydrogens (tertiary/aromatic N) is 1. The lowest BCUT2D eigenvalue weighted by atomic mass is 10.1. The summed E-state index contributed by atoms with van der Waals surface area (Å²) in [5.41, 5.74) is 10.3. The van der Waals surface area contributed by atoms with E-state index in [1.165, 1.54) is 31.2 Å². The fourth-order valence-electron chi connectivity index (χ4n) is 2.07. The molecule has 25 heavy (non-hydrogen) atoms. The molecular weight excluding hydrogens is 320 g/mol. The lowest BCUT2D eigenvalue weighted by Gasteiger charge is -2.06.